The first-order valence-corrected chi connectivity index (χ1v) is 13.0. The van der Waals surface area contributed by atoms with Crippen LogP contribution < -0.4 is 10.3 Å². The molecular weight excluding hydrogens is 468 g/mol. The van der Waals surface area contributed by atoms with Crippen LogP contribution in [0.5, 0.6) is 5.75 Å². The Labute approximate surface area is 216 Å². The third kappa shape index (κ3) is 5.24. The molecule has 0 atom stereocenters. The number of piperidine rings is 1. The number of aromatic nitrogens is 2. The van der Waals surface area contributed by atoms with Crippen molar-refractivity contribution in [2.45, 2.75) is 39.0 Å². The maximum absolute atomic E-state index is 13.0. The van der Waals surface area contributed by atoms with Gasteiger partial charge >= 0.3 is 0 Å². The standard InChI is InChI=1S/C29H34N4O4/c1-21-7-3-6-10-25(21)37-19-27(35)32-16-13-29(14-17-32)15-18-33(20-29)26(34)12-11-23-28(36)31(2)24-9-5-4-8-22(24)30-23/h3-10H,11-20H2,1-2H3. The van der Waals surface area contributed by atoms with Crippen LogP contribution in [0.1, 0.15) is 36.9 Å². The van der Waals surface area contributed by atoms with Gasteiger partial charge in [-0.25, -0.2) is 4.98 Å². The average molecular weight is 503 g/mol. The van der Waals surface area contributed by atoms with E-state index in [2.05, 4.69) is 4.98 Å². The zero-order chi connectivity index (χ0) is 26.0. The largest absolute Gasteiger partial charge is 0.484 e. The summed E-state index contributed by atoms with van der Waals surface area (Å²) >= 11 is 0. The highest BCUT2D eigenvalue weighted by Gasteiger charge is 2.42. The molecule has 194 valence electrons. The highest BCUT2D eigenvalue weighted by Crippen LogP contribution is 2.40. The van der Waals surface area contributed by atoms with Gasteiger partial charge in [-0.1, -0.05) is 30.3 Å². The molecule has 2 fully saturated rings. The van der Waals surface area contributed by atoms with E-state index in [-0.39, 0.29) is 35.8 Å². The number of benzene rings is 2. The van der Waals surface area contributed by atoms with Crippen LogP contribution >= 0.6 is 0 Å². The number of likely N-dealkylation sites (tertiary alicyclic amines) is 2. The Morgan fingerprint density at radius 3 is 2.38 bits per heavy atom. The summed E-state index contributed by atoms with van der Waals surface area (Å²) in [5, 5.41) is 0. The van der Waals surface area contributed by atoms with Crippen LogP contribution in [-0.4, -0.2) is 64.0 Å². The molecule has 1 aromatic heterocycles. The van der Waals surface area contributed by atoms with E-state index in [1.807, 2.05) is 65.3 Å². The number of hydrogen-bond donors (Lipinski definition) is 0. The molecule has 3 aromatic rings. The van der Waals surface area contributed by atoms with E-state index in [4.69, 9.17) is 4.74 Å². The Morgan fingerprint density at radius 1 is 0.946 bits per heavy atom. The van der Waals surface area contributed by atoms with Crippen molar-refractivity contribution in [1.82, 2.24) is 19.4 Å². The first kappa shape index (κ1) is 25.0. The second-order valence-corrected chi connectivity index (χ2v) is 10.4. The van der Waals surface area contributed by atoms with Crippen LogP contribution in [-0.2, 0) is 23.1 Å². The molecule has 8 heteroatoms. The number of para-hydroxylation sites is 3. The minimum absolute atomic E-state index is 0.00787. The molecule has 2 aliphatic heterocycles. The second-order valence-electron chi connectivity index (χ2n) is 10.4. The van der Waals surface area contributed by atoms with Gasteiger partial charge in [0.1, 0.15) is 11.4 Å². The number of ether oxygens (including phenoxy) is 1. The van der Waals surface area contributed by atoms with Gasteiger partial charge in [-0.3, -0.25) is 14.4 Å². The summed E-state index contributed by atoms with van der Waals surface area (Å²) in [7, 11) is 1.74. The lowest BCUT2D eigenvalue weighted by atomic mass is 9.78. The van der Waals surface area contributed by atoms with Crippen molar-refractivity contribution in [2.75, 3.05) is 32.8 Å². The fraction of sp³-hybridized carbons (Fsp3) is 0.448. The number of fused-ring (bicyclic) bond motifs is 1. The van der Waals surface area contributed by atoms with Gasteiger partial charge in [0, 0.05) is 46.1 Å². The zero-order valence-electron chi connectivity index (χ0n) is 21.6. The van der Waals surface area contributed by atoms with Gasteiger partial charge in [-0.15, -0.1) is 0 Å². The van der Waals surface area contributed by atoms with Crippen LogP contribution in [0.2, 0.25) is 0 Å². The number of nitrogens with zero attached hydrogens (tertiary/aromatic N) is 4. The highest BCUT2D eigenvalue weighted by atomic mass is 16.5. The van der Waals surface area contributed by atoms with E-state index in [0.29, 0.717) is 25.2 Å². The van der Waals surface area contributed by atoms with Crippen LogP contribution in [0, 0.1) is 12.3 Å². The van der Waals surface area contributed by atoms with E-state index in [1.54, 1.807) is 11.6 Å². The van der Waals surface area contributed by atoms with Gasteiger partial charge in [0.15, 0.2) is 6.61 Å². The molecule has 0 radical (unpaired) electrons. The first-order valence-electron chi connectivity index (χ1n) is 13.0. The summed E-state index contributed by atoms with van der Waals surface area (Å²) < 4.78 is 7.35. The minimum Gasteiger partial charge on any atom is -0.484 e. The van der Waals surface area contributed by atoms with Crippen molar-refractivity contribution in [3.05, 3.63) is 70.1 Å². The van der Waals surface area contributed by atoms with Crippen LogP contribution in [0.3, 0.4) is 0 Å². The lowest BCUT2D eigenvalue weighted by Crippen LogP contribution is -2.46. The van der Waals surface area contributed by atoms with Crippen LogP contribution in [0.25, 0.3) is 11.0 Å². The Kier molecular flexibility index (Phi) is 7.00. The molecule has 37 heavy (non-hydrogen) atoms. The topological polar surface area (TPSA) is 84.7 Å². The van der Waals surface area contributed by atoms with Gasteiger partial charge in [-0.2, -0.15) is 0 Å². The molecule has 0 saturated carbocycles. The first-order chi connectivity index (χ1) is 17.8. The third-order valence-corrected chi connectivity index (χ3v) is 8.04. The highest BCUT2D eigenvalue weighted by molar-refractivity contribution is 5.78. The predicted octanol–water partition coefficient (Wildman–Crippen LogP) is 3.09. The molecule has 1 spiro atoms. The third-order valence-electron chi connectivity index (χ3n) is 8.04. The Morgan fingerprint density at radius 2 is 1.62 bits per heavy atom. The fourth-order valence-corrected chi connectivity index (χ4v) is 5.62. The lowest BCUT2D eigenvalue weighted by molar-refractivity contribution is -0.136. The SMILES string of the molecule is Cc1ccccc1OCC(=O)N1CCC2(CC1)CCN(C(=O)CCc1nc3ccccc3n(C)c1=O)C2. The smallest absolute Gasteiger partial charge is 0.272 e. The summed E-state index contributed by atoms with van der Waals surface area (Å²) in [5.74, 6) is 0.818. The normalized spacial score (nSPS) is 16.9. The molecule has 2 amide bonds. The Balaban J connectivity index is 1.12. The van der Waals surface area contributed by atoms with E-state index < -0.39 is 0 Å². The quantitative estimate of drug-likeness (QED) is 0.517. The Bertz CT molecular complexity index is 1370. The van der Waals surface area contributed by atoms with E-state index >= 15 is 0 Å². The number of hydrogen-bond acceptors (Lipinski definition) is 5. The summed E-state index contributed by atoms with van der Waals surface area (Å²) in [6.07, 6.45) is 3.34. The van der Waals surface area contributed by atoms with Crippen LogP contribution in [0.15, 0.2) is 53.3 Å². The van der Waals surface area contributed by atoms with Crippen molar-refractivity contribution in [2.24, 2.45) is 12.5 Å². The maximum atomic E-state index is 13.0. The van der Waals surface area contributed by atoms with E-state index in [9.17, 15) is 14.4 Å². The van der Waals surface area contributed by atoms with Crippen molar-refractivity contribution < 1.29 is 14.3 Å². The van der Waals surface area contributed by atoms with Crippen LogP contribution in [0.4, 0.5) is 0 Å². The van der Waals surface area contributed by atoms with Gasteiger partial charge in [0.05, 0.1) is 11.0 Å². The second kappa shape index (κ2) is 10.4. The molecule has 2 aromatic carbocycles. The van der Waals surface area contributed by atoms with Crippen molar-refractivity contribution in [1.29, 1.82) is 0 Å². The Hall–Kier alpha value is -3.68. The minimum atomic E-state index is -0.146. The molecule has 8 nitrogen and oxygen atoms in total. The molecule has 5 rings (SSSR count). The molecule has 2 saturated heterocycles. The zero-order valence-corrected chi connectivity index (χ0v) is 21.6. The van der Waals surface area contributed by atoms with Gasteiger partial charge < -0.3 is 19.1 Å². The number of aryl methyl sites for hydroxylation is 3. The number of carbonyl (C=O) groups excluding carboxylic acids is 2. The number of carbonyl (C=O) groups is 2. The van der Waals surface area contributed by atoms with E-state index in [0.717, 1.165) is 54.7 Å². The average Bonchev–Trinajstić information content (AvgIpc) is 3.33. The lowest BCUT2D eigenvalue weighted by Gasteiger charge is -2.39. The molecular formula is C29H34N4O4. The molecule has 0 unspecified atom stereocenters. The monoisotopic (exact) mass is 502 g/mol. The van der Waals surface area contributed by atoms with E-state index in [1.165, 1.54) is 0 Å². The van der Waals surface area contributed by atoms with Crippen molar-refractivity contribution in [3.8, 4) is 5.75 Å². The molecule has 3 heterocycles. The molecule has 0 bridgehead atoms. The summed E-state index contributed by atoms with van der Waals surface area (Å²) in [6.45, 7) is 4.84. The molecule has 0 N–H and O–H groups in total. The predicted molar refractivity (Wildman–Crippen MR) is 141 cm³/mol. The van der Waals surface area contributed by atoms with Crippen molar-refractivity contribution in [3.63, 3.8) is 0 Å². The molecule has 2 aliphatic rings. The van der Waals surface area contributed by atoms with Gasteiger partial charge in [-0.05, 0) is 55.4 Å². The van der Waals surface area contributed by atoms with Gasteiger partial charge in [0.2, 0.25) is 5.91 Å². The van der Waals surface area contributed by atoms with Crippen molar-refractivity contribution >= 4 is 22.8 Å². The maximum Gasteiger partial charge on any atom is 0.272 e. The van der Waals surface area contributed by atoms with Gasteiger partial charge in [0.25, 0.3) is 11.5 Å². The number of amides is 2. The summed E-state index contributed by atoms with van der Waals surface area (Å²) in [4.78, 5) is 46.8. The number of rotatable bonds is 6. The molecule has 0 aliphatic carbocycles. The fourth-order valence-electron chi connectivity index (χ4n) is 5.62. The summed E-state index contributed by atoms with van der Waals surface area (Å²) in [6, 6.07) is 15.2. The summed E-state index contributed by atoms with van der Waals surface area (Å²) in [5.41, 5.74) is 2.92.